The Balaban J connectivity index is 2.15. The summed E-state index contributed by atoms with van der Waals surface area (Å²) >= 11 is 0. The van der Waals surface area contributed by atoms with E-state index < -0.39 is 10.0 Å². The van der Waals surface area contributed by atoms with Gasteiger partial charge in [0.15, 0.2) is 5.82 Å². The summed E-state index contributed by atoms with van der Waals surface area (Å²) < 4.78 is 27.7. The third-order valence-corrected chi connectivity index (χ3v) is 5.00. The van der Waals surface area contributed by atoms with Crippen LogP contribution in [0.4, 0.5) is 5.82 Å². The summed E-state index contributed by atoms with van der Waals surface area (Å²) in [7, 11) is -1.92. The van der Waals surface area contributed by atoms with Crippen molar-refractivity contribution in [3.05, 3.63) is 6.20 Å². The van der Waals surface area contributed by atoms with Gasteiger partial charge in [-0.15, -0.1) is 6.42 Å². The molecule has 2 N–H and O–H groups in total. The molecule has 1 fully saturated rings. The number of anilines is 1. The number of nitrogen functional groups attached to an aromatic ring is 1. The van der Waals surface area contributed by atoms with E-state index in [1.807, 2.05) is 4.90 Å². The van der Waals surface area contributed by atoms with Crippen LogP contribution in [0.2, 0.25) is 0 Å². The highest BCUT2D eigenvalue weighted by molar-refractivity contribution is 7.89. The van der Waals surface area contributed by atoms with E-state index in [0.717, 1.165) is 0 Å². The molecule has 0 aliphatic carbocycles. The number of nitrogens with zero attached hydrogens (tertiary/aromatic N) is 4. The lowest BCUT2D eigenvalue weighted by atomic mass is 10.4. The minimum absolute atomic E-state index is 0.0357. The van der Waals surface area contributed by atoms with E-state index in [1.165, 1.54) is 15.2 Å². The lowest BCUT2D eigenvalue weighted by molar-refractivity contribution is 0.207. The molecule has 2 rings (SSSR count). The van der Waals surface area contributed by atoms with Gasteiger partial charge < -0.3 is 5.73 Å². The zero-order valence-electron chi connectivity index (χ0n) is 10.8. The molecule has 104 valence electrons. The summed E-state index contributed by atoms with van der Waals surface area (Å²) in [5.74, 6) is 2.60. The van der Waals surface area contributed by atoms with Gasteiger partial charge in [0, 0.05) is 39.4 Å². The fraction of sp³-hybridized carbons (Fsp3) is 0.545. The van der Waals surface area contributed by atoms with Crippen LogP contribution < -0.4 is 5.73 Å². The van der Waals surface area contributed by atoms with E-state index in [4.69, 9.17) is 12.2 Å². The van der Waals surface area contributed by atoms with Crippen molar-refractivity contribution in [1.29, 1.82) is 0 Å². The number of terminal acetylenes is 1. The second kappa shape index (κ2) is 5.21. The lowest BCUT2D eigenvalue weighted by Gasteiger charge is -2.32. The monoisotopic (exact) mass is 283 g/mol. The van der Waals surface area contributed by atoms with Gasteiger partial charge in [-0.25, -0.2) is 8.42 Å². The smallest absolute Gasteiger partial charge is 0.248 e. The third-order valence-electron chi connectivity index (χ3n) is 3.09. The SMILES string of the molecule is C#CCN1CCN(S(=O)(=O)c2cn(C)nc2N)CC1. The molecule has 8 heteroatoms. The van der Waals surface area contributed by atoms with E-state index in [2.05, 4.69) is 11.0 Å². The van der Waals surface area contributed by atoms with Crippen LogP contribution in [0.1, 0.15) is 0 Å². The first-order valence-corrected chi connectivity index (χ1v) is 7.34. The Kier molecular flexibility index (Phi) is 3.80. The molecule has 7 nitrogen and oxygen atoms in total. The van der Waals surface area contributed by atoms with Crippen LogP contribution in [0.15, 0.2) is 11.1 Å². The highest BCUT2D eigenvalue weighted by atomic mass is 32.2. The van der Waals surface area contributed by atoms with Crippen molar-refractivity contribution in [2.45, 2.75) is 4.90 Å². The minimum Gasteiger partial charge on any atom is -0.381 e. The number of nitrogens with two attached hydrogens (primary N) is 1. The molecular formula is C11H17N5O2S. The van der Waals surface area contributed by atoms with Crippen LogP contribution in [-0.2, 0) is 17.1 Å². The molecular weight excluding hydrogens is 266 g/mol. The number of hydrogen-bond acceptors (Lipinski definition) is 5. The molecule has 0 radical (unpaired) electrons. The Morgan fingerprint density at radius 3 is 2.53 bits per heavy atom. The molecule has 0 aromatic carbocycles. The van der Waals surface area contributed by atoms with Crippen molar-refractivity contribution < 1.29 is 8.42 Å². The van der Waals surface area contributed by atoms with E-state index in [1.54, 1.807) is 7.05 Å². The maximum atomic E-state index is 12.4. The van der Waals surface area contributed by atoms with Gasteiger partial charge in [0.25, 0.3) is 0 Å². The second-order valence-corrected chi connectivity index (χ2v) is 6.34. The minimum atomic E-state index is -3.56. The maximum absolute atomic E-state index is 12.4. The largest absolute Gasteiger partial charge is 0.381 e. The highest BCUT2D eigenvalue weighted by Crippen LogP contribution is 2.21. The number of hydrogen-bond donors (Lipinski definition) is 1. The summed E-state index contributed by atoms with van der Waals surface area (Å²) in [5, 5.41) is 3.87. The van der Waals surface area contributed by atoms with Crippen LogP contribution in [0, 0.1) is 12.3 Å². The van der Waals surface area contributed by atoms with Gasteiger partial charge in [0.1, 0.15) is 4.90 Å². The number of sulfonamides is 1. The molecule has 1 saturated heterocycles. The molecule has 0 amide bonds. The first-order chi connectivity index (χ1) is 8.95. The van der Waals surface area contributed by atoms with E-state index in [9.17, 15) is 8.42 Å². The Morgan fingerprint density at radius 1 is 1.42 bits per heavy atom. The average Bonchev–Trinajstić information content (AvgIpc) is 2.70. The van der Waals surface area contributed by atoms with Gasteiger partial charge in [-0.05, 0) is 0 Å². The van der Waals surface area contributed by atoms with Crippen LogP contribution in [0.3, 0.4) is 0 Å². The average molecular weight is 283 g/mol. The second-order valence-electron chi connectivity index (χ2n) is 4.44. The summed E-state index contributed by atoms with van der Waals surface area (Å²) in [6.45, 7) is 2.63. The van der Waals surface area contributed by atoms with Crippen LogP contribution in [0.5, 0.6) is 0 Å². The third kappa shape index (κ3) is 2.73. The van der Waals surface area contributed by atoms with Gasteiger partial charge >= 0.3 is 0 Å². The Morgan fingerprint density at radius 2 is 2.05 bits per heavy atom. The van der Waals surface area contributed by atoms with Crippen molar-refractivity contribution >= 4 is 15.8 Å². The summed E-state index contributed by atoms with van der Waals surface area (Å²) in [6.07, 6.45) is 6.67. The fourth-order valence-electron chi connectivity index (χ4n) is 2.08. The summed E-state index contributed by atoms with van der Waals surface area (Å²) in [6, 6.07) is 0. The summed E-state index contributed by atoms with van der Waals surface area (Å²) in [5.41, 5.74) is 5.63. The van der Waals surface area contributed by atoms with Crippen LogP contribution >= 0.6 is 0 Å². The van der Waals surface area contributed by atoms with Gasteiger partial charge in [0.05, 0.1) is 6.54 Å². The van der Waals surface area contributed by atoms with Crippen molar-refractivity contribution in [3.63, 3.8) is 0 Å². The van der Waals surface area contributed by atoms with Crippen molar-refractivity contribution in [1.82, 2.24) is 19.0 Å². The molecule has 0 unspecified atom stereocenters. The van der Waals surface area contributed by atoms with E-state index in [-0.39, 0.29) is 10.7 Å². The van der Waals surface area contributed by atoms with Crippen molar-refractivity contribution in [2.24, 2.45) is 7.05 Å². The number of aromatic nitrogens is 2. The molecule has 1 aromatic heterocycles. The standard InChI is InChI=1S/C11H17N5O2S/c1-3-4-15-5-7-16(8-6-15)19(17,18)10-9-14(2)13-11(10)12/h1,9H,4-8H2,2H3,(H2,12,13). The van der Waals surface area contributed by atoms with Crippen molar-refractivity contribution in [2.75, 3.05) is 38.5 Å². The molecule has 0 spiro atoms. The van der Waals surface area contributed by atoms with E-state index in [0.29, 0.717) is 32.7 Å². The Bertz CT molecular complexity index is 593. The number of piperazine rings is 1. The molecule has 19 heavy (non-hydrogen) atoms. The summed E-state index contributed by atoms with van der Waals surface area (Å²) in [4.78, 5) is 2.11. The number of rotatable bonds is 3. The van der Waals surface area contributed by atoms with Gasteiger partial charge in [-0.3, -0.25) is 9.58 Å². The molecule has 0 saturated carbocycles. The quantitative estimate of drug-likeness (QED) is 0.715. The molecule has 1 aromatic rings. The molecule has 0 atom stereocenters. The maximum Gasteiger partial charge on any atom is 0.248 e. The molecule has 2 heterocycles. The van der Waals surface area contributed by atoms with Gasteiger partial charge in [-0.2, -0.15) is 9.40 Å². The Hall–Kier alpha value is -1.56. The lowest BCUT2D eigenvalue weighted by Crippen LogP contribution is -2.48. The van der Waals surface area contributed by atoms with Crippen LogP contribution in [-0.4, -0.2) is 60.1 Å². The molecule has 1 aliphatic heterocycles. The number of aryl methyl sites for hydroxylation is 1. The van der Waals surface area contributed by atoms with E-state index >= 15 is 0 Å². The predicted octanol–water partition coefficient (Wildman–Crippen LogP) is -1.06. The molecule has 1 aliphatic rings. The topological polar surface area (TPSA) is 84.5 Å². The van der Waals surface area contributed by atoms with Crippen LogP contribution in [0.25, 0.3) is 0 Å². The first-order valence-electron chi connectivity index (χ1n) is 5.90. The Labute approximate surface area is 113 Å². The van der Waals surface area contributed by atoms with Gasteiger partial charge in [-0.1, -0.05) is 5.92 Å². The predicted molar refractivity (Wildman–Crippen MR) is 71.7 cm³/mol. The zero-order chi connectivity index (χ0) is 14.0. The molecule has 0 bridgehead atoms. The normalized spacial score (nSPS) is 18.3. The van der Waals surface area contributed by atoms with Crippen molar-refractivity contribution in [3.8, 4) is 12.3 Å². The highest BCUT2D eigenvalue weighted by Gasteiger charge is 2.31. The zero-order valence-corrected chi connectivity index (χ0v) is 11.6. The van der Waals surface area contributed by atoms with Gasteiger partial charge in [0.2, 0.25) is 10.0 Å². The fourth-order valence-corrected chi connectivity index (χ4v) is 3.59. The first kappa shape index (κ1) is 13.9.